The Hall–Kier alpha value is -3.42. The summed E-state index contributed by atoms with van der Waals surface area (Å²) in [5.41, 5.74) is 3.94. The Morgan fingerprint density at radius 3 is 2.31 bits per heavy atom. The number of ether oxygens (including phenoxy) is 1. The lowest BCUT2D eigenvalue weighted by Crippen LogP contribution is -2.27. The van der Waals surface area contributed by atoms with Gasteiger partial charge >= 0.3 is 5.97 Å². The van der Waals surface area contributed by atoms with Gasteiger partial charge in [0.2, 0.25) is 0 Å². The zero-order valence-corrected chi connectivity index (χ0v) is 22.2. The first kappa shape index (κ1) is 25.7. The number of carbonyl (C=O) groups is 1. The molecule has 0 amide bonds. The van der Waals surface area contributed by atoms with Crippen molar-refractivity contribution in [2.24, 2.45) is 0 Å². The number of nitrogens with zero attached hydrogens (tertiary/aromatic N) is 2. The van der Waals surface area contributed by atoms with Gasteiger partial charge in [-0.25, -0.2) is 9.78 Å². The molecule has 186 valence electrons. The highest BCUT2D eigenvalue weighted by atomic mass is 35.5. The third-order valence-electron chi connectivity index (χ3n) is 6.11. The van der Waals surface area contributed by atoms with E-state index >= 15 is 0 Å². The van der Waals surface area contributed by atoms with Crippen LogP contribution in [0.15, 0.2) is 52.6 Å². The fraction of sp³-hybridized carbons (Fsp3) is 0.250. The van der Waals surface area contributed by atoms with Gasteiger partial charge in [0.05, 0.1) is 18.0 Å². The number of aryl methyl sites for hydroxylation is 2. The minimum absolute atomic E-state index is 0.0261. The van der Waals surface area contributed by atoms with Gasteiger partial charge in [0, 0.05) is 21.7 Å². The fourth-order valence-electron chi connectivity index (χ4n) is 4.33. The van der Waals surface area contributed by atoms with Gasteiger partial charge in [-0.3, -0.25) is 9.36 Å². The first-order valence-electron chi connectivity index (χ1n) is 11.8. The predicted octanol–water partition coefficient (Wildman–Crippen LogP) is 6.60. The number of esters is 1. The monoisotopic (exact) mass is 522 g/mol. The molecule has 0 saturated carbocycles. The minimum atomic E-state index is -0.691. The number of aromatic hydroxyl groups is 1. The summed E-state index contributed by atoms with van der Waals surface area (Å²) in [5, 5.41) is 14.0. The summed E-state index contributed by atoms with van der Waals surface area (Å²) < 4.78 is 6.80. The van der Waals surface area contributed by atoms with Gasteiger partial charge in [0.1, 0.15) is 21.9 Å². The number of benzene rings is 2. The number of hydrogen-bond donors (Lipinski definition) is 1. The van der Waals surface area contributed by atoms with E-state index in [1.54, 1.807) is 26.0 Å². The summed E-state index contributed by atoms with van der Waals surface area (Å²) in [6.07, 6.45) is 1.38. The van der Waals surface area contributed by atoms with Crippen molar-refractivity contribution in [3.8, 4) is 33.3 Å². The van der Waals surface area contributed by atoms with E-state index in [1.807, 2.05) is 49.6 Å². The van der Waals surface area contributed by atoms with Crippen molar-refractivity contribution in [3.63, 3.8) is 0 Å². The van der Waals surface area contributed by atoms with Crippen LogP contribution in [-0.2, 0) is 17.6 Å². The summed E-state index contributed by atoms with van der Waals surface area (Å²) >= 11 is 7.24. The normalized spacial score (nSPS) is 11.0. The molecule has 36 heavy (non-hydrogen) atoms. The second kappa shape index (κ2) is 10.7. The van der Waals surface area contributed by atoms with Crippen LogP contribution in [0.2, 0.25) is 5.02 Å². The Labute approximate surface area is 218 Å². The van der Waals surface area contributed by atoms with Gasteiger partial charge in [0.15, 0.2) is 0 Å². The van der Waals surface area contributed by atoms with Gasteiger partial charge in [0.25, 0.3) is 5.56 Å². The third kappa shape index (κ3) is 4.56. The van der Waals surface area contributed by atoms with Gasteiger partial charge < -0.3 is 9.84 Å². The van der Waals surface area contributed by atoms with Crippen LogP contribution in [0.3, 0.4) is 0 Å². The molecule has 2 aromatic carbocycles. The summed E-state index contributed by atoms with van der Waals surface area (Å²) in [7, 11) is 0. The van der Waals surface area contributed by atoms with E-state index in [0.29, 0.717) is 34.3 Å². The van der Waals surface area contributed by atoms with Crippen LogP contribution in [0.1, 0.15) is 48.0 Å². The summed E-state index contributed by atoms with van der Waals surface area (Å²) in [4.78, 5) is 31.7. The lowest BCUT2D eigenvalue weighted by Gasteiger charge is -2.21. The molecule has 0 aliphatic carbocycles. The molecule has 0 spiro atoms. The third-order valence-corrected chi connectivity index (χ3v) is 7.23. The van der Waals surface area contributed by atoms with Crippen LogP contribution in [-0.4, -0.2) is 27.2 Å². The van der Waals surface area contributed by atoms with E-state index in [0.717, 1.165) is 22.4 Å². The molecule has 6 nitrogen and oxygen atoms in total. The molecule has 4 aromatic rings. The second-order valence-corrected chi connectivity index (χ2v) is 9.52. The minimum Gasteiger partial charge on any atom is -0.506 e. The standard InChI is InChI=1S/C28H27ClN2O4S/c1-5-17-9-8-10-18(6-2)24(17)31-16(4)22(28(34)35-7-3)25(32)23(27(31)33)26-30-21(15-36-26)19-11-13-20(29)14-12-19/h8-15,32H,5-7H2,1-4H3. The average molecular weight is 523 g/mol. The van der Waals surface area contributed by atoms with Gasteiger partial charge in [-0.2, -0.15) is 0 Å². The molecule has 4 rings (SSSR count). The summed E-state index contributed by atoms with van der Waals surface area (Å²) in [6, 6.07) is 13.1. The van der Waals surface area contributed by atoms with Crippen LogP contribution >= 0.6 is 22.9 Å². The lowest BCUT2D eigenvalue weighted by molar-refractivity contribution is 0.0521. The van der Waals surface area contributed by atoms with Crippen molar-refractivity contribution in [1.82, 2.24) is 9.55 Å². The lowest BCUT2D eigenvalue weighted by atomic mass is 10.0. The van der Waals surface area contributed by atoms with Crippen LogP contribution < -0.4 is 5.56 Å². The molecule has 0 saturated heterocycles. The van der Waals surface area contributed by atoms with E-state index in [4.69, 9.17) is 16.3 Å². The quantitative estimate of drug-likeness (QED) is 0.277. The summed E-state index contributed by atoms with van der Waals surface area (Å²) in [5.74, 6) is -1.11. The molecule has 0 radical (unpaired) electrons. The molecule has 0 bridgehead atoms. The molecule has 0 unspecified atom stereocenters. The Bertz CT molecular complexity index is 1470. The fourth-order valence-corrected chi connectivity index (χ4v) is 5.32. The molecule has 0 fully saturated rings. The Morgan fingerprint density at radius 1 is 1.08 bits per heavy atom. The number of para-hydroxylation sites is 1. The molecule has 0 aliphatic rings. The smallest absolute Gasteiger partial charge is 0.343 e. The number of carbonyl (C=O) groups excluding carboxylic acids is 1. The molecular weight excluding hydrogens is 496 g/mol. The van der Waals surface area contributed by atoms with Gasteiger partial charge in [-0.15, -0.1) is 11.3 Å². The maximum atomic E-state index is 14.1. The predicted molar refractivity (Wildman–Crippen MR) is 145 cm³/mol. The van der Waals surface area contributed by atoms with Crippen LogP contribution in [0, 0.1) is 6.92 Å². The van der Waals surface area contributed by atoms with Gasteiger partial charge in [-0.1, -0.05) is 55.8 Å². The van der Waals surface area contributed by atoms with Crippen molar-refractivity contribution < 1.29 is 14.6 Å². The maximum absolute atomic E-state index is 14.1. The number of hydrogen-bond acceptors (Lipinski definition) is 6. The Kier molecular flexibility index (Phi) is 7.62. The Balaban J connectivity index is 2.05. The largest absolute Gasteiger partial charge is 0.506 e. The first-order chi connectivity index (χ1) is 17.3. The van der Waals surface area contributed by atoms with Crippen LogP contribution in [0.25, 0.3) is 27.5 Å². The van der Waals surface area contributed by atoms with Crippen molar-refractivity contribution >= 4 is 28.9 Å². The molecule has 1 N–H and O–H groups in total. The average Bonchev–Trinajstić information content (AvgIpc) is 3.34. The number of thiazole rings is 1. The number of pyridine rings is 1. The van der Waals surface area contributed by atoms with E-state index in [2.05, 4.69) is 4.98 Å². The highest BCUT2D eigenvalue weighted by molar-refractivity contribution is 7.13. The number of rotatable bonds is 7. The molecule has 0 aliphatic heterocycles. The van der Waals surface area contributed by atoms with Gasteiger partial charge in [-0.05, 0) is 49.9 Å². The zero-order valence-electron chi connectivity index (χ0n) is 20.6. The van der Waals surface area contributed by atoms with Crippen molar-refractivity contribution in [3.05, 3.63) is 85.6 Å². The molecule has 8 heteroatoms. The molecular formula is C28H27ClN2O4S. The maximum Gasteiger partial charge on any atom is 0.343 e. The first-order valence-corrected chi connectivity index (χ1v) is 13.1. The van der Waals surface area contributed by atoms with E-state index in [-0.39, 0.29) is 17.7 Å². The Morgan fingerprint density at radius 2 is 1.72 bits per heavy atom. The number of halogens is 1. The topological polar surface area (TPSA) is 81.4 Å². The van der Waals surface area contributed by atoms with Crippen LogP contribution in [0.5, 0.6) is 5.75 Å². The van der Waals surface area contributed by atoms with Crippen molar-refractivity contribution in [2.75, 3.05) is 6.61 Å². The molecule has 2 aromatic heterocycles. The number of aromatic nitrogens is 2. The van der Waals surface area contributed by atoms with E-state index < -0.39 is 17.3 Å². The molecule has 2 heterocycles. The van der Waals surface area contributed by atoms with E-state index in [1.165, 1.54) is 15.9 Å². The second-order valence-electron chi connectivity index (χ2n) is 8.22. The zero-order chi connectivity index (χ0) is 26.0. The van der Waals surface area contributed by atoms with E-state index in [9.17, 15) is 14.7 Å². The van der Waals surface area contributed by atoms with Crippen molar-refractivity contribution in [1.29, 1.82) is 0 Å². The van der Waals surface area contributed by atoms with Crippen LogP contribution in [0.4, 0.5) is 0 Å². The highest BCUT2D eigenvalue weighted by Crippen LogP contribution is 2.37. The van der Waals surface area contributed by atoms with Crippen molar-refractivity contribution in [2.45, 2.75) is 40.5 Å². The highest BCUT2D eigenvalue weighted by Gasteiger charge is 2.29. The summed E-state index contributed by atoms with van der Waals surface area (Å²) in [6.45, 7) is 7.53. The SMILES string of the molecule is CCOC(=O)c1c(O)c(-c2nc(-c3ccc(Cl)cc3)cs2)c(=O)n(-c2c(CC)cccc2CC)c1C. The molecule has 0 atom stereocenters.